The van der Waals surface area contributed by atoms with Gasteiger partial charge in [-0.25, -0.2) is 4.99 Å². The number of nitrogens with one attached hydrogen (secondary N) is 2. The van der Waals surface area contributed by atoms with E-state index < -0.39 is 0 Å². The van der Waals surface area contributed by atoms with Crippen LogP contribution in [0, 0.1) is 5.92 Å². The topological polar surface area (TPSA) is 66.0 Å². The highest BCUT2D eigenvalue weighted by atomic mass is 35.5. The standard InChI is InChI=1S/C17H24Cl2N4O2/c1-23(2)16(24)10-22-17(20-8-12-5-6-25-11-12)21-9-13-3-4-14(18)7-15(13)19/h3-4,7,12H,5-6,8-11H2,1-2H3,(H2,20,21,22). The average molecular weight is 387 g/mol. The van der Waals surface area contributed by atoms with Crippen LogP contribution in [0.5, 0.6) is 0 Å². The Kier molecular flexibility index (Phi) is 7.81. The summed E-state index contributed by atoms with van der Waals surface area (Å²) in [5.41, 5.74) is 0.871. The second-order valence-corrected chi connectivity index (χ2v) is 7.00. The van der Waals surface area contributed by atoms with E-state index in [1.165, 1.54) is 4.90 Å². The van der Waals surface area contributed by atoms with Crippen molar-refractivity contribution >= 4 is 35.1 Å². The number of guanidine groups is 1. The van der Waals surface area contributed by atoms with Crippen LogP contribution in [-0.4, -0.2) is 57.2 Å². The molecule has 1 aliphatic heterocycles. The van der Waals surface area contributed by atoms with Crippen LogP contribution in [0.15, 0.2) is 23.2 Å². The molecule has 138 valence electrons. The van der Waals surface area contributed by atoms with E-state index >= 15 is 0 Å². The molecule has 2 rings (SSSR count). The van der Waals surface area contributed by atoms with E-state index in [2.05, 4.69) is 15.6 Å². The van der Waals surface area contributed by atoms with Gasteiger partial charge in [0, 0.05) is 43.2 Å². The first-order chi connectivity index (χ1) is 12.0. The van der Waals surface area contributed by atoms with Crippen molar-refractivity contribution in [1.29, 1.82) is 0 Å². The van der Waals surface area contributed by atoms with E-state index in [0.29, 0.717) is 28.5 Å². The minimum absolute atomic E-state index is 0.0248. The summed E-state index contributed by atoms with van der Waals surface area (Å²) >= 11 is 12.1. The van der Waals surface area contributed by atoms with Crippen molar-refractivity contribution in [3.8, 4) is 0 Å². The summed E-state index contributed by atoms with van der Waals surface area (Å²) in [6.07, 6.45) is 1.03. The number of likely N-dealkylation sites (N-methyl/N-ethyl adjacent to an activating group) is 1. The van der Waals surface area contributed by atoms with E-state index in [0.717, 1.165) is 31.7 Å². The number of benzene rings is 1. The van der Waals surface area contributed by atoms with E-state index in [-0.39, 0.29) is 12.5 Å². The first-order valence-corrected chi connectivity index (χ1v) is 8.95. The second kappa shape index (κ2) is 9.85. The van der Waals surface area contributed by atoms with Crippen LogP contribution in [0.25, 0.3) is 0 Å². The molecule has 1 unspecified atom stereocenters. The molecule has 1 heterocycles. The third kappa shape index (κ3) is 6.72. The number of rotatable bonds is 6. The first kappa shape index (κ1) is 19.8. The van der Waals surface area contributed by atoms with Crippen molar-refractivity contribution in [2.75, 3.05) is 40.4 Å². The van der Waals surface area contributed by atoms with Gasteiger partial charge < -0.3 is 20.3 Å². The van der Waals surface area contributed by atoms with Gasteiger partial charge in [0.15, 0.2) is 5.96 Å². The van der Waals surface area contributed by atoms with Crippen LogP contribution in [-0.2, 0) is 16.1 Å². The Morgan fingerprint density at radius 2 is 2.16 bits per heavy atom. The summed E-state index contributed by atoms with van der Waals surface area (Å²) < 4.78 is 5.38. The molecule has 0 radical (unpaired) electrons. The van der Waals surface area contributed by atoms with Crippen LogP contribution in [0.4, 0.5) is 0 Å². The largest absolute Gasteiger partial charge is 0.381 e. The Balaban J connectivity index is 1.98. The lowest BCUT2D eigenvalue weighted by molar-refractivity contribution is -0.127. The number of hydrogen-bond donors (Lipinski definition) is 2. The molecule has 8 heteroatoms. The quantitative estimate of drug-likeness (QED) is 0.580. The number of halogens is 2. The molecule has 6 nitrogen and oxygen atoms in total. The van der Waals surface area contributed by atoms with Gasteiger partial charge in [-0.05, 0) is 24.1 Å². The fraction of sp³-hybridized carbons (Fsp3) is 0.529. The van der Waals surface area contributed by atoms with Crippen LogP contribution < -0.4 is 10.6 Å². The molecule has 1 atom stereocenters. The third-order valence-corrected chi connectivity index (χ3v) is 4.50. The summed E-state index contributed by atoms with van der Waals surface area (Å²) in [5.74, 6) is 1.01. The zero-order valence-electron chi connectivity index (χ0n) is 14.5. The summed E-state index contributed by atoms with van der Waals surface area (Å²) in [5, 5.41) is 7.50. The number of aliphatic imine (C=N–C) groups is 1. The molecule has 1 saturated heterocycles. The summed E-state index contributed by atoms with van der Waals surface area (Å²) in [6, 6.07) is 5.33. The molecule has 1 amide bonds. The van der Waals surface area contributed by atoms with Gasteiger partial charge in [0.05, 0.1) is 19.7 Å². The van der Waals surface area contributed by atoms with Gasteiger partial charge in [-0.2, -0.15) is 0 Å². The zero-order valence-corrected chi connectivity index (χ0v) is 16.0. The molecular formula is C17H24Cl2N4O2. The fourth-order valence-corrected chi connectivity index (χ4v) is 2.76. The highest BCUT2D eigenvalue weighted by molar-refractivity contribution is 6.35. The van der Waals surface area contributed by atoms with Gasteiger partial charge in [-0.15, -0.1) is 0 Å². The molecule has 0 aromatic heterocycles. The summed E-state index contributed by atoms with van der Waals surface area (Å²) in [7, 11) is 3.44. The molecule has 1 aromatic carbocycles. The van der Waals surface area contributed by atoms with Crippen LogP contribution in [0.3, 0.4) is 0 Å². The molecule has 0 spiro atoms. The van der Waals surface area contributed by atoms with Gasteiger partial charge in [-0.3, -0.25) is 4.79 Å². The van der Waals surface area contributed by atoms with E-state index in [4.69, 9.17) is 27.9 Å². The third-order valence-electron chi connectivity index (χ3n) is 3.91. The van der Waals surface area contributed by atoms with Crippen molar-refractivity contribution < 1.29 is 9.53 Å². The highest BCUT2D eigenvalue weighted by Gasteiger charge is 2.16. The molecule has 1 aliphatic rings. The van der Waals surface area contributed by atoms with E-state index in [9.17, 15) is 4.79 Å². The lowest BCUT2D eigenvalue weighted by Crippen LogP contribution is -2.44. The maximum Gasteiger partial charge on any atom is 0.241 e. The van der Waals surface area contributed by atoms with Crippen molar-refractivity contribution in [2.24, 2.45) is 10.9 Å². The molecule has 0 bridgehead atoms. The number of hydrogen-bond acceptors (Lipinski definition) is 3. The van der Waals surface area contributed by atoms with E-state index in [1.807, 2.05) is 6.07 Å². The van der Waals surface area contributed by atoms with Gasteiger partial charge in [-0.1, -0.05) is 29.3 Å². The van der Waals surface area contributed by atoms with Crippen LogP contribution in [0.2, 0.25) is 10.0 Å². The predicted octanol–water partition coefficient (Wildman–Crippen LogP) is 2.15. The summed E-state index contributed by atoms with van der Waals surface area (Å²) in [4.78, 5) is 17.9. The Bertz CT molecular complexity index is 617. The van der Waals surface area contributed by atoms with Crippen LogP contribution >= 0.6 is 23.2 Å². The van der Waals surface area contributed by atoms with Gasteiger partial charge in [0.1, 0.15) is 0 Å². The SMILES string of the molecule is CN(C)C(=O)CNC(=NCc1ccc(Cl)cc1Cl)NCC1CCOC1. The Morgan fingerprint density at radius 3 is 2.80 bits per heavy atom. The fourth-order valence-electron chi connectivity index (χ4n) is 2.29. The first-order valence-electron chi connectivity index (χ1n) is 8.19. The Morgan fingerprint density at radius 1 is 1.36 bits per heavy atom. The average Bonchev–Trinajstić information content (AvgIpc) is 3.08. The zero-order chi connectivity index (χ0) is 18.2. The number of nitrogens with zero attached hydrogens (tertiary/aromatic N) is 2. The molecule has 1 aromatic rings. The number of carbonyl (C=O) groups excluding carboxylic acids is 1. The minimum Gasteiger partial charge on any atom is -0.381 e. The van der Waals surface area contributed by atoms with Crippen molar-refractivity contribution in [3.63, 3.8) is 0 Å². The maximum atomic E-state index is 11.8. The molecule has 0 aliphatic carbocycles. The van der Waals surface area contributed by atoms with Crippen molar-refractivity contribution in [1.82, 2.24) is 15.5 Å². The molecular weight excluding hydrogens is 363 g/mol. The highest BCUT2D eigenvalue weighted by Crippen LogP contribution is 2.21. The lowest BCUT2D eigenvalue weighted by atomic mass is 10.1. The molecule has 1 fully saturated rings. The van der Waals surface area contributed by atoms with Gasteiger partial charge in [0.25, 0.3) is 0 Å². The number of carbonyl (C=O) groups is 1. The number of ether oxygens (including phenoxy) is 1. The normalized spacial score (nSPS) is 17.4. The van der Waals surface area contributed by atoms with Crippen molar-refractivity contribution in [3.05, 3.63) is 33.8 Å². The predicted molar refractivity (Wildman–Crippen MR) is 101 cm³/mol. The minimum atomic E-state index is -0.0248. The molecule has 2 N–H and O–H groups in total. The number of amides is 1. The smallest absolute Gasteiger partial charge is 0.241 e. The second-order valence-electron chi connectivity index (χ2n) is 6.15. The Labute approximate surface area is 158 Å². The lowest BCUT2D eigenvalue weighted by Gasteiger charge is -2.16. The summed E-state index contributed by atoms with van der Waals surface area (Å²) in [6.45, 7) is 2.86. The van der Waals surface area contributed by atoms with Crippen LogP contribution in [0.1, 0.15) is 12.0 Å². The van der Waals surface area contributed by atoms with Gasteiger partial charge >= 0.3 is 0 Å². The molecule has 25 heavy (non-hydrogen) atoms. The monoisotopic (exact) mass is 386 g/mol. The van der Waals surface area contributed by atoms with E-state index in [1.54, 1.807) is 26.2 Å². The van der Waals surface area contributed by atoms with Gasteiger partial charge in [0.2, 0.25) is 5.91 Å². The molecule has 0 saturated carbocycles. The Hall–Kier alpha value is -1.50. The maximum absolute atomic E-state index is 11.8. The van der Waals surface area contributed by atoms with Crippen molar-refractivity contribution in [2.45, 2.75) is 13.0 Å².